The lowest BCUT2D eigenvalue weighted by molar-refractivity contribution is -0.312. The lowest BCUT2D eigenvalue weighted by Gasteiger charge is -2.31. The topological polar surface area (TPSA) is 83.5 Å². The lowest BCUT2D eigenvalue weighted by Crippen LogP contribution is -2.35. The summed E-state index contributed by atoms with van der Waals surface area (Å²) >= 11 is 0. The van der Waals surface area contributed by atoms with E-state index in [9.17, 15) is 19.1 Å². The molecular weight excluding hydrogens is 181 g/mol. The van der Waals surface area contributed by atoms with E-state index in [4.69, 9.17) is 0 Å². The van der Waals surface area contributed by atoms with Crippen molar-refractivity contribution in [3.8, 4) is 0 Å². The van der Waals surface area contributed by atoms with Gasteiger partial charge in [-0.15, -0.1) is 0 Å². The first-order valence-corrected chi connectivity index (χ1v) is 5.42. The van der Waals surface area contributed by atoms with Crippen LogP contribution in [0.4, 0.5) is 0 Å². The van der Waals surface area contributed by atoms with Gasteiger partial charge in [0.15, 0.2) is 0 Å². The van der Waals surface area contributed by atoms with Gasteiger partial charge in [0.05, 0.1) is 6.16 Å². The lowest BCUT2D eigenvalue weighted by atomic mass is 10.5. The van der Waals surface area contributed by atoms with Gasteiger partial charge in [0.2, 0.25) is 5.91 Å². The molecule has 0 rings (SSSR count). The van der Waals surface area contributed by atoms with Crippen LogP contribution in [0.3, 0.4) is 0 Å². The molecule has 1 amide bonds. The Morgan fingerprint density at radius 3 is 2.00 bits per heavy atom. The van der Waals surface area contributed by atoms with E-state index < -0.39 is 19.7 Å². The molecule has 0 aliphatic carbocycles. The molecule has 0 spiro atoms. The summed E-state index contributed by atoms with van der Waals surface area (Å²) in [5.74, 6) is -0.617. The molecule has 0 saturated carbocycles. The summed E-state index contributed by atoms with van der Waals surface area (Å²) < 4.78 is 10.2. The molecule has 0 aromatic heterocycles. The predicted molar refractivity (Wildman–Crippen MR) is 40.4 cm³/mol. The molecule has 0 atom stereocenters. The summed E-state index contributed by atoms with van der Waals surface area (Å²) in [6.07, 6.45) is -0.908. The zero-order valence-corrected chi connectivity index (χ0v) is 8.04. The molecule has 0 radical (unpaired) electrons. The Morgan fingerprint density at radius 1 is 1.33 bits per heavy atom. The minimum atomic E-state index is -4.69. The molecule has 0 aliphatic rings. The number of carbonyl (C=O) groups excluding carboxylic acids is 1. The average molecular weight is 193 g/mol. The van der Waals surface area contributed by atoms with Crippen molar-refractivity contribution in [1.82, 2.24) is 4.90 Å². The van der Waals surface area contributed by atoms with Crippen molar-refractivity contribution in [2.45, 2.75) is 13.8 Å². The first-order chi connectivity index (χ1) is 5.40. The van der Waals surface area contributed by atoms with Gasteiger partial charge in [-0.3, -0.25) is 4.79 Å². The third-order valence-corrected chi connectivity index (χ3v) is 2.10. The van der Waals surface area contributed by atoms with Gasteiger partial charge in [0, 0.05) is 13.1 Å². The summed E-state index contributed by atoms with van der Waals surface area (Å²) in [4.78, 5) is 32.7. The Morgan fingerprint density at radius 2 is 1.75 bits per heavy atom. The van der Waals surface area contributed by atoms with Crippen molar-refractivity contribution >= 4 is 13.5 Å². The van der Waals surface area contributed by atoms with Gasteiger partial charge in [0.1, 0.15) is 0 Å². The second-order valence-corrected chi connectivity index (χ2v) is 3.87. The molecule has 0 aromatic rings. The minimum Gasteiger partial charge on any atom is -0.810 e. The third-order valence-electron chi connectivity index (χ3n) is 1.45. The summed E-state index contributed by atoms with van der Waals surface area (Å²) in [5.41, 5.74) is 0. The molecule has 72 valence electrons. The van der Waals surface area contributed by atoms with Crippen LogP contribution in [0.25, 0.3) is 0 Å². The second kappa shape index (κ2) is 4.60. The zero-order chi connectivity index (χ0) is 9.78. The van der Waals surface area contributed by atoms with Crippen LogP contribution < -0.4 is 9.79 Å². The standard InChI is InChI=1S/C6H14NO4P/c1-3-7(4-2)6(8)5-12(9,10)11/h3-5H2,1-2H3,(H2,9,10,11)/p-2. The van der Waals surface area contributed by atoms with Gasteiger partial charge in [-0.1, -0.05) is 7.60 Å². The van der Waals surface area contributed by atoms with Crippen LogP contribution >= 0.6 is 7.60 Å². The largest absolute Gasteiger partial charge is 0.810 e. The fourth-order valence-electron chi connectivity index (χ4n) is 0.842. The molecule has 0 fully saturated rings. The van der Waals surface area contributed by atoms with Crippen LogP contribution in [-0.4, -0.2) is 30.1 Å². The monoisotopic (exact) mass is 193 g/mol. The quantitative estimate of drug-likeness (QED) is 0.523. The zero-order valence-electron chi connectivity index (χ0n) is 7.15. The molecule has 12 heavy (non-hydrogen) atoms. The number of rotatable bonds is 4. The van der Waals surface area contributed by atoms with E-state index >= 15 is 0 Å². The molecular formula is C6H12NO4P-2. The van der Waals surface area contributed by atoms with E-state index in [0.29, 0.717) is 13.1 Å². The molecule has 0 aromatic carbocycles. The highest BCUT2D eigenvalue weighted by Gasteiger charge is 2.10. The summed E-state index contributed by atoms with van der Waals surface area (Å²) in [6, 6.07) is 0. The molecule has 0 bridgehead atoms. The highest BCUT2D eigenvalue weighted by Crippen LogP contribution is 2.22. The molecule has 0 saturated heterocycles. The molecule has 0 N–H and O–H groups in total. The van der Waals surface area contributed by atoms with Crippen LogP contribution in [0.15, 0.2) is 0 Å². The Labute approximate surface area is 71.5 Å². The SMILES string of the molecule is CCN(CC)C(=O)CP(=O)([O-])[O-]. The van der Waals surface area contributed by atoms with Crippen LogP contribution in [-0.2, 0) is 9.36 Å². The van der Waals surface area contributed by atoms with Crippen molar-refractivity contribution in [3.05, 3.63) is 0 Å². The highest BCUT2D eigenvalue weighted by atomic mass is 31.2. The molecule has 0 heterocycles. The van der Waals surface area contributed by atoms with E-state index in [1.807, 2.05) is 0 Å². The summed E-state index contributed by atoms with van der Waals surface area (Å²) in [6.45, 7) is 4.30. The maximum atomic E-state index is 11.0. The van der Waals surface area contributed by atoms with Gasteiger partial charge in [-0.05, 0) is 13.8 Å². The maximum absolute atomic E-state index is 11.0. The van der Waals surface area contributed by atoms with Crippen molar-refractivity contribution < 1.29 is 19.1 Å². The van der Waals surface area contributed by atoms with Crippen molar-refractivity contribution in [2.75, 3.05) is 19.3 Å². The fourth-order valence-corrected chi connectivity index (χ4v) is 1.37. The van der Waals surface area contributed by atoms with Crippen molar-refractivity contribution in [1.29, 1.82) is 0 Å². The van der Waals surface area contributed by atoms with Crippen LogP contribution in [0, 0.1) is 0 Å². The van der Waals surface area contributed by atoms with Gasteiger partial charge in [-0.25, -0.2) is 0 Å². The van der Waals surface area contributed by atoms with Gasteiger partial charge < -0.3 is 19.3 Å². The first-order valence-electron chi connectivity index (χ1n) is 3.69. The second-order valence-electron chi connectivity index (χ2n) is 2.34. The number of hydrogen-bond acceptors (Lipinski definition) is 4. The maximum Gasteiger partial charge on any atom is 0.227 e. The molecule has 0 unspecified atom stereocenters. The highest BCUT2D eigenvalue weighted by molar-refractivity contribution is 7.49. The minimum absolute atomic E-state index is 0.426. The summed E-state index contributed by atoms with van der Waals surface area (Å²) in [7, 11) is -4.69. The average Bonchev–Trinajstić information content (AvgIpc) is 1.85. The summed E-state index contributed by atoms with van der Waals surface area (Å²) in [5, 5.41) is 0. The number of hydrogen-bond donors (Lipinski definition) is 0. The fraction of sp³-hybridized carbons (Fsp3) is 0.833. The number of carbonyl (C=O) groups is 1. The van der Waals surface area contributed by atoms with E-state index in [0.717, 1.165) is 0 Å². The molecule has 6 heteroatoms. The van der Waals surface area contributed by atoms with Crippen LogP contribution in [0.5, 0.6) is 0 Å². The molecule has 5 nitrogen and oxygen atoms in total. The normalized spacial score (nSPS) is 11.3. The first kappa shape index (κ1) is 11.6. The van der Waals surface area contributed by atoms with E-state index in [1.165, 1.54) is 4.90 Å². The van der Waals surface area contributed by atoms with Crippen molar-refractivity contribution in [2.24, 2.45) is 0 Å². The Bertz CT molecular complexity index is 196. The van der Waals surface area contributed by atoms with Crippen molar-refractivity contribution in [3.63, 3.8) is 0 Å². The van der Waals surface area contributed by atoms with Gasteiger partial charge in [0.25, 0.3) is 0 Å². The number of amides is 1. The smallest absolute Gasteiger partial charge is 0.227 e. The van der Waals surface area contributed by atoms with Gasteiger partial charge in [-0.2, -0.15) is 0 Å². The van der Waals surface area contributed by atoms with E-state index in [2.05, 4.69) is 0 Å². The number of nitrogens with zero attached hydrogens (tertiary/aromatic N) is 1. The Kier molecular flexibility index (Phi) is 4.45. The van der Waals surface area contributed by atoms with Crippen LogP contribution in [0.2, 0.25) is 0 Å². The Balaban J connectivity index is 4.11. The third kappa shape index (κ3) is 4.49. The van der Waals surface area contributed by atoms with E-state index in [-0.39, 0.29) is 0 Å². The van der Waals surface area contributed by atoms with Gasteiger partial charge >= 0.3 is 0 Å². The Hall–Kier alpha value is -0.380. The van der Waals surface area contributed by atoms with E-state index in [1.54, 1.807) is 13.8 Å². The van der Waals surface area contributed by atoms with Crippen LogP contribution in [0.1, 0.15) is 13.8 Å². The molecule has 0 aliphatic heterocycles. The predicted octanol–water partition coefficient (Wildman–Crippen LogP) is -1.23.